The van der Waals surface area contributed by atoms with Crippen LogP contribution >= 0.6 is 27.3 Å². The first-order chi connectivity index (χ1) is 14.9. The number of halogens is 1. The molecule has 4 aromatic rings. The minimum Gasteiger partial charge on any atom is -0.427 e. The quantitative estimate of drug-likeness (QED) is 0.157. The zero-order valence-electron chi connectivity index (χ0n) is 16.1. The number of hydrogen-bond donors (Lipinski definition) is 0. The SMILES string of the molecule is CC(=O)Oc1ccc(/C=C(/C#N)c2nc(-c3cc4cc(Br)ccc4oc3=O)cs2)cc1. The van der Waals surface area contributed by atoms with Crippen molar-refractivity contribution in [1.29, 1.82) is 5.26 Å². The second kappa shape index (κ2) is 8.68. The van der Waals surface area contributed by atoms with Gasteiger partial charge < -0.3 is 9.15 Å². The van der Waals surface area contributed by atoms with Crippen molar-refractivity contribution in [3.8, 4) is 23.1 Å². The van der Waals surface area contributed by atoms with Crippen molar-refractivity contribution >= 4 is 55.9 Å². The molecule has 4 rings (SSSR count). The number of carbonyl (C=O) groups excluding carboxylic acids is 1. The van der Waals surface area contributed by atoms with Crippen molar-refractivity contribution in [3.05, 3.63) is 79.4 Å². The van der Waals surface area contributed by atoms with E-state index in [1.54, 1.807) is 53.9 Å². The average Bonchev–Trinajstić information content (AvgIpc) is 3.22. The molecule has 2 heterocycles. The summed E-state index contributed by atoms with van der Waals surface area (Å²) in [7, 11) is 0. The molecule has 0 aliphatic carbocycles. The highest BCUT2D eigenvalue weighted by molar-refractivity contribution is 9.10. The van der Waals surface area contributed by atoms with E-state index in [0.717, 1.165) is 15.4 Å². The number of aromatic nitrogens is 1. The molecule has 0 amide bonds. The zero-order chi connectivity index (χ0) is 22.0. The van der Waals surface area contributed by atoms with Gasteiger partial charge in [-0.25, -0.2) is 9.78 Å². The average molecular weight is 493 g/mol. The topological polar surface area (TPSA) is 93.2 Å². The lowest BCUT2D eigenvalue weighted by Gasteiger charge is -2.01. The van der Waals surface area contributed by atoms with Gasteiger partial charge in [0, 0.05) is 22.2 Å². The second-order valence-electron chi connectivity index (χ2n) is 6.50. The molecule has 0 saturated carbocycles. The monoisotopic (exact) mass is 492 g/mol. The molecule has 0 atom stereocenters. The van der Waals surface area contributed by atoms with Gasteiger partial charge in [-0.3, -0.25) is 4.79 Å². The number of carbonyl (C=O) groups is 1. The third-order valence-electron chi connectivity index (χ3n) is 4.28. The molecular weight excluding hydrogens is 480 g/mol. The van der Waals surface area contributed by atoms with E-state index >= 15 is 0 Å². The molecule has 31 heavy (non-hydrogen) atoms. The van der Waals surface area contributed by atoms with Gasteiger partial charge in [0.15, 0.2) is 0 Å². The molecule has 0 aliphatic rings. The molecule has 0 aliphatic heterocycles. The first kappa shape index (κ1) is 20.7. The highest BCUT2D eigenvalue weighted by Crippen LogP contribution is 2.28. The lowest BCUT2D eigenvalue weighted by molar-refractivity contribution is -0.131. The Labute approximate surface area is 189 Å². The van der Waals surface area contributed by atoms with Gasteiger partial charge in [0.2, 0.25) is 0 Å². The number of nitriles is 1. The molecule has 0 fully saturated rings. The molecule has 0 radical (unpaired) electrons. The van der Waals surface area contributed by atoms with Crippen LogP contribution in [0.25, 0.3) is 33.9 Å². The van der Waals surface area contributed by atoms with E-state index in [9.17, 15) is 14.9 Å². The number of nitrogens with zero attached hydrogens (tertiary/aromatic N) is 2. The van der Waals surface area contributed by atoms with E-state index in [1.165, 1.54) is 18.3 Å². The fraction of sp³-hybridized carbons (Fsp3) is 0.0435. The third-order valence-corrected chi connectivity index (χ3v) is 5.65. The van der Waals surface area contributed by atoms with E-state index in [-0.39, 0.29) is 0 Å². The smallest absolute Gasteiger partial charge is 0.345 e. The third kappa shape index (κ3) is 4.63. The number of fused-ring (bicyclic) bond motifs is 1. The maximum absolute atomic E-state index is 12.4. The van der Waals surface area contributed by atoms with Crippen molar-refractivity contribution in [2.24, 2.45) is 0 Å². The van der Waals surface area contributed by atoms with Crippen LogP contribution in [0, 0.1) is 11.3 Å². The van der Waals surface area contributed by atoms with Crippen LogP contribution < -0.4 is 10.4 Å². The summed E-state index contributed by atoms with van der Waals surface area (Å²) in [6.07, 6.45) is 1.68. The molecule has 0 saturated heterocycles. The Balaban J connectivity index is 1.67. The number of ether oxygens (including phenoxy) is 1. The van der Waals surface area contributed by atoms with Crippen molar-refractivity contribution in [3.63, 3.8) is 0 Å². The lowest BCUT2D eigenvalue weighted by atomic mass is 10.1. The van der Waals surface area contributed by atoms with Crippen LogP contribution in [0.15, 0.2) is 67.6 Å². The standard InChI is InChI=1S/C23H13BrN2O4S/c1-13(27)29-18-5-2-14(3-6-18)8-16(11-25)22-26-20(12-31-22)19-10-15-9-17(24)4-7-21(15)30-23(19)28/h2-10,12H,1H3/b16-8-. The van der Waals surface area contributed by atoms with Gasteiger partial charge in [-0.2, -0.15) is 5.26 Å². The maximum Gasteiger partial charge on any atom is 0.345 e. The Morgan fingerprint density at radius 1 is 1.23 bits per heavy atom. The van der Waals surface area contributed by atoms with Gasteiger partial charge in [-0.1, -0.05) is 28.1 Å². The molecule has 2 aromatic heterocycles. The van der Waals surface area contributed by atoms with Gasteiger partial charge in [0.25, 0.3) is 0 Å². The molecule has 0 unspecified atom stereocenters. The fourth-order valence-corrected chi connectivity index (χ4v) is 4.06. The van der Waals surface area contributed by atoms with E-state index in [0.29, 0.717) is 33.2 Å². The molecule has 6 nitrogen and oxygen atoms in total. The van der Waals surface area contributed by atoms with Crippen LogP contribution in [0.3, 0.4) is 0 Å². The molecule has 8 heteroatoms. The van der Waals surface area contributed by atoms with Crippen molar-refractivity contribution in [2.45, 2.75) is 6.92 Å². The first-order valence-electron chi connectivity index (χ1n) is 9.03. The summed E-state index contributed by atoms with van der Waals surface area (Å²) < 4.78 is 11.3. The Morgan fingerprint density at radius 3 is 2.71 bits per heavy atom. The molecule has 152 valence electrons. The number of hydrogen-bond acceptors (Lipinski definition) is 7. The number of thiazole rings is 1. The number of benzene rings is 2. The maximum atomic E-state index is 12.4. The van der Waals surface area contributed by atoms with E-state index < -0.39 is 11.6 Å². The van der Waals surface area contributed by atoms with Crippen LogP contribution in [0.1, 0.15) is 17.5 Å². The van der Waals surface area contributed by atoms with Crippen molar-refractivity contribution in [1.82, 2.24) is 4.98 Å². The molecular formula is C23H13BrN2O4S. The molecule has 0 N–H and O–H groups in total. The Morgan fingerprint density at radius 2 is 2.00 bits per heavy atom. The van der Waals surface area contributed by atoms with Crippen LogP contribution in [0.2, 0.25) is 0 Å². The Hall–Kier alpha value is -3.54. The number of esters is 1. The largest absolute Gasteiger partial charge is 0.427 e. The first-order valence-corrected chi connectivity index (χ1v) is 10.7. The minimum absolute atomic E-state index is 0.330. The Bertz CT molecular complexity index is 1430. The molecule has 2 aromatic carbocycles. The zero-order valence-corrected chi connectivity index (χ0v) is 18.5. The summed E-state index contributed by atoms with van der Waals surface area (Å²) in [6.45, 7) is 1.33. The summed E-state index contributed by atoms with van der Waals surface area (Å²) in [5.41, 5.74) is 1.87. The van der Waals surface area contributed by atoms with E-state index in [2.05, 4.69) is 27.0 Å². The van der Waals surface area contributed by atoms with Crippen LogP contribution in [0.5, 0.6) is 5.75 Å². The second-order valence-corrected chi connectivity index (χ2v) is 8.27. The van der Waals surface area contributed by atoms with Gasteiger partial charge in [-0.15, -0.1) is 11.3 Å². The summed E-state index contributed by atoms with van der Waals surface area (Å²) in [6, 6.07) is 16.0. The minimum atomic E-state index is -0.491. The van der Waals surface area contributed by atoms with Crippen LogP contribution in [-0.2, 0) is 4.79 Å². The van der Waals surface area contributed by atoms with Gasteiger partial charge in [0.1, 0.15) is 22.4 Å². The predicted octanol–water partition coefficient (Wildman–Crippen LogP) is 5.67. The summed E-state index contributed by atoms with van der Waals surface area (Å²) in [5.74, 6) is 0.0243. The van der Waals surface area contributed by atoms with Crippen molar-refractivity contribution < 1.29 is 13.9 Å². The van der Waals surface area contributed by atoms with Gasteiger partial charge in [0.05, 0.1) is 16.8 Å². The highest BCUT2D eigenvalue weighted by Gasteiger charge is 2.14. The summed E-state index contributed by atoms with van der Waals surface area (Å²) in [5, 5.41) is 12.6. The highest BCUT2D eigenvalue weighted by atomic mass is 79.9. The van der Waals surface area contributed by atoms with E-state index in [1.807, 2.05) is 6.07 Å². The summed E-state index contributed by atoms with van der Waals surface area (Å²) >= 11 is 4.67. The molecule has 0 spiro atoms. The van der Waals surface area contributed by atoms with Crippen molar-refractivity contribution in [2.75, 3.05) is 0 Å². The fourth-order valence-electron chi connectivity index (χ4n) is 2.90. The van der Waals surface area contributed by atoms with Gasteiger partial charge in [-0.05, 0) is 48.0 Å². The van der Waals surface area contributed by atoms with E-state index in [4.69, 9.17) is 9.15 Å². The van der Waals surface area contributed by atoms with Crippen LogP contribution in [-0.4, -0.2) is 11.0 Å². The lowest BCUT2D eigenvalue weighted by Crippen LogP contribution is -2.03. The summed E-state index contributed by atoms with van der Waals surface area (Å²) in [4.78, 5) is 27.9. The number of rotatable bonds is 4. The van der Waals surface area contributed by atoms with Gasteiger partial charge >= 0.3 is 11.6 Å². The Kier molecular flexibility index (Phi) is 5.80. The number of allylic oxidation sites excluding steroid dienone is 1. The predicted molar refractivity (Wildman–Crippen MR) is 123 cm³/mol. The van der Waals surface area contributed by atoms with Crippen LogP contribution in [0.4, 0.5) is 0 Å². The normalized spacial score (nSPS) is 11.3. The molecule has 0 bridgehead atoms.